The van der Waals surface area contributed by atoms with Gasteiger partial charge in [-0.3, -0.25) is 9.10 Å². The molecule has 0 spiro atoms. The van der Waals surface area contributed by atoms with Crippen LogP contribution in [0.3, 0.4) is 0 Å². The lowest BCUT2D eigenvalue weighted by atomic mass is 10.3. The summed E-state index contributed by atoms with van der Waals surface area (Å²) in [6, 6.07) is 11.1. The molecular weight excluding hydrogens is 343 g/mol. The van der Waals surface area contributed by atoms with Crippen molar-refractivity contribution in [3.05, 3.63) is 59.4 Å². The third kappa shape index (κ3) is 3.80. The zero-order valence-corrected chi connectivity index (χ0v) is 13.7. The van der Waals surface area contributed by atoms with Crippen molar-refractivity contribution in [1.29, 1.82) is 0 Å². The molecule has 0 aliphatic carbocycles. The molecule has 2 rings (SSSR count). The average Bonchev–Trinajstić information content (AvgIpc) is 2.55. The number of rotatable bonds is 5. The Labute approximate surface area is 138 Å². The molecule has 23 heavy (non-hydrogen) atoms. The molecule has 0 aliphatic heterocycles. The van der Waals surface area contributed by atoms with Crippen molar-refractivity contribution >= 4 is 33.2 Å². The second-order valence-corrected chi connectivity index (χ2v) is 6.87. The average molecular weight is 357 g/mol. The van der Waals surface area contributed by atoms with E-state index in [1.54, 1.807) is 18.2 Å². The van der Waals surface area contributed by atoms with Crippen molar-refractivity contribution in [2.24, 2.45) is 0 Å². The third-order valence-corrected chi connectivity index (χ3v) is 5.17. The monoisotopic (exact) mass is 356 g/mol. The molecule has 8 heteroatoms. The maximum absolute atomic E-state index is 13.3. The van der Waals surface area contributed by atoms with E-state index >= 15 is 0 Å². The number of anilines is 1. The van der Waals surface area contributed by atoms with Crippen molar-refractivity contribution in [3.8, 4) is 0 Å². The van der Waals surface area contributed by atoms with Gasteiger partial charge in [-0.25, -0.2) is 12.8 Å². The molecule has 0 aromatic heterocycles. The first-order chi connectivity index (χ1) is 10.9. The molecule has 0 saturated carbocycles. The minimum absolute atomic E-state index is 0.0179. The lowest BCUT2D eigenvalue weighted by molar-refractivity contribution is -0.119. The number of halogens is 2. The quantitative estimate of drug-likeness (QED) is 0.894. The van der Waals surface area contributed by atoms with Crippen LogP contribution in [0.25, 0.3) is 0 Å². The highest BCUT2D eigenvalue weighted by molar-refractivity contribution is 7.92. The van der Waals surface area contributed by atoms with E-state index in [9.17, 15) is 17.6 Å². The number of sulfonamides is 1. The van der Waals surface area contributed by atoms with E-state index in [-0.39, 0.29) is 15.6 Å². The van der Waals surface area contributed by atoms with Gasteiger partial charge < -0.3 is 5.32 Å². The molecule has 0 atom stereocenters. The molecule has 2 aromatic rings. The van der Waals surface area contributed by atoms with Gasteiger partial charge in [0.05, 0.1) is 15.6 Å². The standard InChI is InChI=1S/C15H14ClFN2O3S/c1-18-15(20)10-19(11-7-8-14(17)13(16)9-11)23(21,22)12-5-3-2-4-6-12/h2-9H,10H2,1H3,(H,18,20). The topological polar surface area (TPSA) is 66.5 Å². The summed E-state index contributed by atoms with van der Waals surface area (Å²) in [5.74, 6) is -1.18. The summed E-state index contributed by atoms with van der Waals surface area (Å²) in [4.78, 5) is 11.7. The van der Waals surface area contributed by atoms with Crippen molar-refractivity contribution in [3.63, 3.8) is 0 Å². The van der Waals surface area contributed by atoms with Gasteiger partial charge in [0.1, 0.15) is 12.4 Å². The van der Waals surface area contributed by atoms with Crippen LogP contribution in [0, 0.1) is 5.82 Å². The first kappa shape index (κ1) is 17.2. The summed E-state index contributed by atoms with van der Waals surface area (Å²) in [7, 11) is -2.60. The van der Waals surface area contributed by atoms with Crippen molar-refractivity contribution in [2.75, 3.05) is 17.9 Å². The van der Waals surface area contributed by atoms with Crippen LogP contribution in [-0.4, -0.2) is 27.9 Å². The van der Waals surface area contributed by atoms with Crippen LogP contribution in [0.4, 0.5) is 10.1 Å². The van der Waals surface area contributed by atoms with Gasteiger partial charge in [0.2, 0.25) is 5.91 Å². The zero-order valence-electron chi connectivity index (χ0n) is 12.2. The maximum Gasteiger partial charge on any atom is 0.264 e. The fourth-order valence-electron chi connectivity index (χ4n) is 1.88. The molecule has 122 valence electrons. The largest absolute Gasteiger partial charge is 0.358 e. The van der Waals surface area contributed by atoms with Gasteiger partial charge in [-0.05, 0) is 30.3 Å². The van der Waals surface area contributed by atoms with Gasteiger partial charge in [-0.2, -0.15) is 0 Å². The number of nitrogens with zero attached hydrogens (tertiary/aromatic N) is 1. The fraction of sp³-hybridized carbons (Fsp3) is 0.133. The number of amides is 1. The van der Waals surface area contributed by atoms with Crippen LogP contribution in [-0.2, 0) is 14.8 Å². The van der Waals surface area contributed by atoms with E-state index in [4.69, 9.17) is 11.6 Å². The lowest BCUT2D eigenvalue weighted by Gasteiger charge is -2.24. The number of hydrogen-bond acceptors (Lipinski definition) is 3. The Morgan fingerprint density at radius 2 is 1.87 bits per heavy atom. The number of carbonyl (C=O) groups is 1. The van der Waals surface area contributed by atoms with Gasteiger partial charge in [0, 0.05) is 7.05 Å². The van der Waals surface area contributed by atoms with Gasteiger partial charge in [-0.1, -0.05) is 29.8 Å². The maximum atomic E-state index is 13.3. The lowest BCUT2D eigenvalue weighted by Crippen LogP contribution is -2.39. The van der Waals surface area contributed by atoms with Gasteiger partial charge >= 0.3 is 0 Å². The molecule has 0 bridgehead atoms. The van der Waals surface area contributed by atoms with E-state index in [1.165, 1.54) is 31.3 Å². The minimum Gasteiger partial charge on any atom is -0.358 e. The molecule has 0 radical (unpaired) electrons. The molecular formula is C15H14ClFN2O3S. The number of benzene rings is 2. The molecule has 1 N–H and O–H groups in total. The van der Waals surface area contributed by atoms with Crippen molar-refractivity contribution in [2.45, 2.75) is 4.90 Å². The highest BCUT2D eigenvalue weighted by atomic mass is 35.5. The van der Waals surface area contributed by atoms with E-state index in [0.717, 1.165) is 10.4 Å². The number of likely N-dealkylation sites (N-methyl/N-ethyl adjacent to an activating group) is 1. The van der Waals surface area contributed by atoms with Gasteiger partial charge in [0.25, 0.3) is 10.0 Å². The predicted molar refractivity (Wildman–Crippen MR) is 86.5 cm³/mol. The van der Waals surface area contributed by atoms with E-state index < -0.39 is 28.3 Å². The van der Waals surface area contributed by atoms with Crippen molar-refractivity contribution in [1.82, 2.24) is 5.32 Å². The SMILES string of the molecule is CNC(=O)CN(c1ccc(F)c(Cl)c1)S(=O)(=O)c1ccccc1. The van der Waals surface area contributed by atoms with E-state index in [2.05, 4.69) is 5.32 Å². The van der Waals surface area contributed by atoms with Crippen LogP contribution < -0.4 is 9.62 Å². The van der Waals surface area contributed by atoms with E-state index in [1.807, 2.05) is 0 Å². The van der Waals surface area contributed by atoms with Crippen LogP contribution in [0.15, 0.2) is 53.4 Å². The molecule has 0 unspecified atom stereocenters. The normalized spacial score (nSPS) is 11.1. The van der Waals surface area contributed by atoms with Crippen LogP contribution in [0.1, 0.15) is 0 Å². The molecule has 0 heterocycles. The Morgan fingerprint density at radius 1 is 1.22 bits per heavy atom. The van der Waals surface area contributed by atoms with Gasteiger partial charge in [0.15, 0.2) is 0 Å². The van der Waals surface area contributed by atoms with Gasteiger partial charge in [-0.15, -0.1) is 0 Å². The first-order valence-corrected chi connectivity index (χ1v) is 8.41. The zero-order chi connectivity index (χ0) is 17.0. The third-order valence-electron chi connectivity index (χ3n) is 3.09. The summed E-state index contributed by atoms with van der Waals surface area (Å²) in [6.45, 7) is -0.449. The Kier molecular flexibility index (Phi) is 5.23. The highest BCUT2D eigenvalue weighted by Gasteiger charge is 2.27. The fourth-order valence-corrected chi connectivity index (χ4v) is 3.49. The second-order valence-electron chi connectivity index (χ2n) is 4.60. The smallest absolute Gasteiger partial charge is 0.264 e. The second kappa shape index (κ2) is 6.97. The highest BCUT2D eigenvalue weighted by Crippen LogP contribution is 2.27. The Balaban J connectivity index is 2.54. The summed E-state index contributed by atoms with van der Waals surface area (Å²) in [5, 5.41) is 2.13. The summed E-state index contributed by atoms with van der Waals surface area (Å²) < 4.78 is 39.8. The van der Waals surface area contributed by atoms with E-state index in [0.29, 0.717) is 0 Å². The Morgan fingerprint density at radius 3 is 2.43 bits per heavy atom. The van der Waals surface area contributed by atoms with Crippen LogP contribution in [0.5, 0.6) is 0 Å². The first-order valence-electron chi connectivity index (χ1n) is 6.59. The number of hydrogen-bond donors (Lipinski definition) is 1. The molecule has 1 amide bonds. The Hall–Kier alpha value is -2.12. The van der Waals surface area contributed by atoms with Crippen molar-refractivity contribution < 1.29 is 17.6 Å². The molecule has 0 aliphatic rings. The Bertz CT molecular complexity index is 813. The summed E-state index contributed by atoms with van der Waals surface area (Å²) in [5.41, 5.74) is 0.101. The van der Waals surface area contributed by atoms with Crippen LogP contribution in [0.2, 0.25) is 5.02 Å². The molecule has 2 aromatic carbocycles. The molecule has 0 fully saturated rings. The predicted octanol–water partition coefficient (Wildman–Crippen LogP) is 2.42. The molecule has 5 nitrogen and oxygen atoms in total. The van der Waals surface area contributed by atoms with Crippen LogP contribution >= 0.6 is 11.6 Å². The molecule has 0 saturated heterocycles. The summed E-state index contributed by atoms with van der Waals surface area (Å²) in [6.07, 6.45) is 0. The number of nitrogens with one attached hydrogen (secondary N) is 1. The summed E-state index contributed by atoms with van der Waals surface area (Å²) >= 11 is 5.73. The minimum atomic E-state index is -4.00. The number of carbonyl (C=O) groups excluding carboxylic acids is 1.